The normalized spacial score (nSPS) is 11.0. The van der Waals surface area contributed by atoms with E-state index in [1.54, 1.807) is 11.8 Å². The first-order valence-corrected chi connectivity index (χ1v) is 9.80. The van der Waals surface area contributed by atoms with E-state index < -0.39 is 0 Å². The van der Waals surface area contributed by atoms with Gasteiger partial charge in [-0.3, -0.25) is 0 Å². The number of rotatable bonds is 6. The fourth-order valence-electron chi connectivity index (χ4n) is 2.45. The van der Waals surface area contributed by atoms with Gasteiger partial charge in [-0.25, -0.2) is 4.98 Å². The maximum absolute atomic E-state index is 6.03. The number of hydrogen-bond acceptors (Lipinski definition) is 4. The first kappa shape index (κ1) is 18.5. The Bertz CT molecular complexity index is 879. The molecule has 0 unspecified atom stereocenters. The van der Waals surface area contributed by atoms with Crippen LogP contribution in [-0.2, 0) is 5.75 Å². The molecule has 0 N–H and O–H groups in total. The topological polar surface area (TPSA) is 35.0 Å². The lowest BCUT2D eigenvalue weighted by atomic mass is 10.1. The largest absolute Gasteiger partial charge is 0.439 e. The Kier molecular flexibility index (Phi) is 5.94. The maximum atomic E-state index is 6.03. The van der Waals surface area contributed by atoms with Gasteiger partial charge in [0.1, 0.15) is 5.75 Å². The summed E-state index contributed by atoms with van der Waals surface area (Å²) in [6.07, 6.45) is 0. The molecule has 1 aromatic heterocycles. The molecule has 1 heterocycles. The first-order valence-electron chi connectivity index (χ1n) is 8.82. The van der Waals surface area contributed by atoms with Gasteiger partial charge in [0.2, 0.25) is 5.88 Å². The van der Waals surface area contributed by atoms with Gasteiger partial charge in [0.25, 0.3) is 0 Å². The minimum Gasteiger partial charge on any atom is -0.439 e. The Morgan fingerprint density at radius 3 is 2.38 bits per heavy atom. The number of ether oxygens (including phenoxy) is 1. The summed E-state index contributed by atoms with van der Waals surface area (Å²) >= 11 is 1.63. The number of aromatic nitrogens is 2. The Balaban J connectivity index is 1.82. The van der Waals surface area contributed by atoms with Crippen LogP contribution in [0.5, 0.6) is 11.6 Å². The number of aryl methyl sites for hydroxylation is 2. The van der Waals surface area contributed by atoms with Gasteiger partial charge in [-0.1, -0.05) is 62.0 Å². The quantitative estimate of drug-likeness (QED) is 0.380. The molecular weight excluding hydrogens is 340 g/mol. The molecule has 26 heavy (non-hydrogen) atoms. The SMILES string of the molecule is Cc1ccc(Oc2cc(C(C)C)nc(SCc3ccccc3)n2)cc1C. The maximum Gasteiger partial charge on any atom is 0.223 e. The van der Waals surface area contributed by atoms with Crippen LogP contribution in [0.15, 0.2) is 59.8 Å². The molecular formula is C22H24N2OS. The number of thioether (sulfide) groups is 1. The molecule has 134 valence electrons. The third-order valence-corrected chi connectivity index (χ3v) is 5.12. The highest BCUT2D eigenvalue weighted by Gasteiger charge is 2.11. The van der Waals surface area contributed by atoms with Crippen LogP contribution in [0.2, 0.25) is 0 Å². The minimum atomic E-state index is 0.316. The van der Waals surface area contributed by atoms with E-state index in [0.717, 1.165) is 22.4 Å². The van der Waals surface area contributed by atoms with Gasteiger partial charge in [-0.05, 0) is 48.6 Å². The molecule has 0 aliphatic carbocycles. The van der Waals surface area contributed by atoms with E-state index in [1.807, 2.05) is 24.3 Å². The van der Waals surface area contributed by atoms with E-state index in [2.05, 4.69) is 63.0 Å². The highest BCUT2D eigenvalue weighted by atomic mass is 32.2. The first-order chi connectivity index (χ1) is 12.5. The van der Waals surface area contributed by atoms with Gasteiger partial charge in [-0.15, -0.1) is 0 Å². The molecule has 2 aromatic carbocycles. The fraction of sp³-hybridized carbons (Fsp3) is 0.273. The van der Waals surface area contributed by atoms with Crippen molar-refractivity contribution >= 4 is 11.8 Å². The molecule has 4 heteroatoms. The zero-order chi connectivity index (χ0) is 18.5. The summed E-state index contributed by atoms with van der Waals surface area (Å²) in [6, 6.07) is 18.4. The van der Waals surface area contributed by atoms with Crippen molar-refractivity contribution in [3.8, 4) is 11.6 Å². The molecule has 0 fully saturated rings. The molecule has 3 nitrogen and oxygen atoms in total. The highest BCUT2D eigenvalue weighted by molar-refractivity contribution is 7.98. The zero-order valence-electron chi connectivity index (χ0n) is 15.7. The summed E-state index contributed by atoms with van der Waals surface area (Å²) in [4.78, 5) is 9.30. The van der Waals surface area contributed by atoms with Crippen LogP contribution >= 0.6 is 11.8 Å². The Morgan fingerprint density at radius 2 is 1.69 bits per heavy atom. The van der Waals surface area contributed by atoms with E-state index in [0.29, 0.717) is 11.8 Å². The molecule has 0 saturated heterocycles. The second-order valence-electron chi connectivity index (χ2n) is 6.69. The highest BCUT2D eigenvalue weighted by Crippen LogP contribution is 2.28. The van der Waals surface area contributed by atoms with Crippen molar-refractivity contribution in [2.24, 2.45) is 0 Å². The number of nitrogens with zero attached hydrogens (tertiary/aromatic N) is 2. The molecule has 0 spiro atoms. The molecule has 0 amide bonds. The number of benzene rings is 2. The third-order valence-electron chi connectivity index (χ3n) is 4.21. The molecule has 0 aliphatic heterocycles. The number of hydrogen-bond donors (Lipinski definition) is 0. The zero-order valence-corrected chi connectivity index (χ0v) is 16.5. The summed E-state index contributed by atoms with van der Waals surface area (Å²) in [5.74, 6) is 2.56. The van der Waals surface area contributed by atoms with Crippen molar-refractivity contribution in [2.45, 2.75) is 44.5 Å². The molecule has 0 aliphatic rings. The van der Waals surface area contributed by atoms with Gasteiger partial charge in [0.15, 0.2) is 5.16 Å². The second kappa shape index (κ2) is 8.37. The van der Waals surface area contributed by atoms with Gasteiger partial charge in [0, 0.05) is 11.8 Å². The van der Waals surface area contributed by atoms with Crippen molar-refractivity contribution in [1.82, 2.24) is 9.97 Å². The monoisotopic (exact) mass is 364 g/mol. The summed E-state index contributed by atoms with van der Waals surface area (Å²) in [5.41, 5.74) is 4.71. The average molecular weight is 365 g/mol. The second-order valence-corrected chi connectivity index (χ2v) is 7.63. The third kappa shape index (κ3) is 4.85. The van der Waals surface area contributed by atoms with Crippen LogP contribution in [-0.4, -0.2) is 9.97 Å². The summed E-state index contributed by atoms with van der Waals surface area (Å²) in [5, 5.41) is 0.749. The van der Waals surface area contributed by atoms with Crippen molar-refractivity contribution in [3.63, 3.8) is 0 Å². The smallest absolute Gasteiger partial charge is 0.223 e. The molecule has 3 rings (SSSR count). The van der Waals surface area contributed by atoms with Gasteiger partial charge in [-0.2, -0.15) is 4.98 Å². The van der Waals surface area contributed by atoms with Gasteiger partial charge >= 0.3 is 0 Å². The van der Waals surface area contributed by atoms with E-state index in [-0.39, 0.29) is 0 Å². The van der Waals surface area contributed by atoms with Crippen molar-refractivity contribution < 1.29 is 4.74 Å². The predicted molar refractivity (Wildman–Crippen MR) is 108 cm³/mol. The summed E-state index contributed by atoms with van der Waals surface area (Å²) < 4.78 is 6.03. The van der Waals surface area contributed by atoms with Crippen molar-refractivity contribution in [1.29, 1.82) is 0 Å². The van der Waals surface area contributed by atoms with Crippen LogP contribution in [0.25, 0.3) is 0 Å². The van der Waals surface area contributed by atoms with Crippen LogP contribution in [0.3, 0.4) is 0 Å². The average Bonchev–Trinajstić information content (AvgIpc) is 2.64. The predicted octanol–water partition coefficient (Wildman–Crippen LogP) is 6.30. The van der Waals surface area contributed by atoms with E-state index in [1.165, 1.54) is 16.7 Å². The van der Waals surface area contributed by atoms with E-state index >= 15 is 0 Å². The molecule has 0 radical (unpaired) electrons. The molecule has 0 saturated carbocycles. The Labute approximate surface area is 159 Å². The molecule has 3 aromatic rings. The van der Waals surface area contributed by atoms with E-state index in [9.17, 15) is 0 Å². The standard InChI is InChI=1S/C22H24N2OS/c1-15(2)20-13-21(25-19-11-10-16(3)17(4)12-19)24-22(23-20)26-14-18-8-6-5-7-9-18/h5-13,15H,14H2,1-4H3. The molecule has 0 bridgehead atoms. The summed E-state index contributed by atoms with van der Waals surface area (Å²) in [6.45, 7) is 8.45. The van der Waals surface area contributed by atoms with Crippen LogP contribution in [0.1, 0.15) is 42.1 Å². The molecule has 0 atom stereocenters. The van der Waals surface area contributed by atoms with Crippen LogP contribution in [0.4, 0.5) is 0 Å². The van der Waals surface area contributed by atoms with Crippen LogP contribution < -0.4 is 4.74 Å². The van der Waals surface area contributed by atoms with Crippen molar-refractivity contribution in [2.75, 3.05) is 0 Å². The summed E-state index contributed by atoms with van der Waals surface area (Å²) in [7, 11) is 0. The lowest BCUT2D eigenvalue weighted by molar-refractivity contribution is 0.452. The van der Waals surface area contributed by atoms with Gasteiger partial charge in [0.05, 0.1) is 5.69 Å². The lowest BCUT2D eigenvalue weighted by Crippen LogP contribution is -2.00. The Morgan fingerprint density at radius 1 is 0.923 bits per heavy atom. The van der Waals surface area contributed by atoms with Crippen molar-refractivity contribution in [3.05, 3.63) is 77.0 Å². The van der Waals surface area contributed by atoms with Gasteiger partial charge < -0.3 is 4.74 Å². The fourth-order valence-corrected chi connectivity index (χ4v) is 3.27. The minimum absolute atomic E-state index is 0.316. The Hall–Kier alpha value is -2.33. The van der Waals surface area contributed by atoms with E-state index in [4.69, 9.17) is 9.72 Å². The van der Waals surface area contributed by atoms with Crippen LogP contribution in [0, 0.1) is 13.8 Å². The lowest BCUT2D eigenvalue weighted by Gasteiger charge is -2.12.